The molecule has 0 aliphatic heterocycles. The van der Waals surface area contributed by atoms with Crippen LogP contribution in [0.3, 0.4) is 0 Å². The van der Waals surface area contributed by atoms with E-state index in [-0.39, 0.29) is 12.3 Å². The first-order chi connectivity index (χ1) is 11.6. The summed E-state index contributed by atoms with van der Waals surface area (Å²) in [4.78, 5) is 12.1. The highest BCUT2D eigenvalue weighted by Gasteiger charge is 2.13. The molecular weight excluding hydrogens is 368 g/mol. The Balaban J connectivity index is 1.61. The van der Waals surface area contributed by atoms with E-state index in [2.05, 4.69) is 20.7 Å². The predicted octanol–water partition coefficient (Wildman–Crippen LogP) is 4.14. The number of benzene rings is 1. The second kappa shape index (κ2) is 7.78. The first kappa shape index (κ1) is 16.9. The van der Waals surface area contributed by atoms with Gasteiger partial charge in [-0.2, -0.15) is 0 Å². The van der Waals surface area contributed by atoms with Crippen molar-refractivity contribution in [1.82, 2.24) is 15.4 Å². The van der Waals surface area contributed by atoms with Crippen LogP contribution in [0.1, 0.15) is 12.6 Å². The summed E-state index contributed by atoms with van der Waals surface area (Å²) in [6.45, 7) is 2.03. The van der Waals surface area contributed by atoms with E-state index < -0.39 is 0 Å². The molecule has 1 N–H and O–H groups in total. The molecular formula is C15H13ClN4O2S2. The van der Waals surface area contributed by atoms with Gasteiger partial charge in [0.1, 0.15) is 0 Å². The van der Waals surface area contributed by atoms with E-state index in [1.165, 1.54) is 11.3 Å². The molecule has 2 heterocycles. The quantitative estimate of drug-likeness (QED) is 0.511. The van der Waals surface area contributed by atoms with Crippen LogP contribution in [0.15, 0.2) is 39.2 Å². The van der Waals surface area contributed by atoms with E-state index in [4.69, 9.17) is 16.1 Å². The van der Waals surface area contributed by atoms with Crippen molar-refractivity contribution in [3.8, 4) is 11.3 Å². The van der Waals surface area contributed by atoms with Crippen molar-refractivity contribution in [2.45, 2.75) is 17.7 Å². The average Bonchev–Trinajstić information content (AvgIpc) is 3.18. The Bertz CT molecular complexity index is 832. The Kier molecular flexibility index (Phi) is 5.49. The molecule has 2 aromatic heterocycles. The topological polar surface area (TPSA) is 80.9 Å². The summed E-state index contributed by atoms with van der Waals surface area (Å²) in [5.41, 5.74) is 1.40. The Morgan fingerprint density at radius 2 is 2.12 bits per heavy atom. The van der Waals surface area contributed by atoms with Crippen LogP contribution in [0, 0.1) is 0 Å². The fourth-order valence-electron chi connectivity index (χ4n) is 1.92. The lowest BCUT2D eigenvalue weighted by atomic mass is 10.1. The van der Waals surface area contributed by atoms with E-state index in [1.54, 1.807) is 30.0 Å². The molecule has 124 valence electrons. The highest BCUT2D eigenvalue weighted by Crippen LogP contribution is 2.25. The Labute approximate surface area is 151 Å². The third-order valence-corrected chi connectivity index (χ3v) is 5.06. The number of nitrogens with one attached hydrogen (secondary N) is 1. The number of nitrogens with zero attached hydrogens (tertiary/aromatic N) is 3. The summed E-state index contributed by atoms with van der Waals surface area (Å²) in [6, 6.07) is 8.95. The predicted molar refractivity (Wildman–Crippen MR) is 95.6 cm³/mol. The Hall–Kier alpha value is -1.90. The second-order valence-corrected chi connectivity index (χ2v) is 7.65. The number of hydrogen-bond donors (Lipinski definition) is 1. The monoisotopic (exact) mass is 380 g/mol. The van der Waals surface area contributed by atoms with Gasteiger partial charge in [-0.05, 0) is 30.0 Å². The first-order valence-electron chi connectivity index (χ1n) is 7.11. The molecule has 0 fully saturated rings. The van der Waals surface area contributed by atoms with E-state index in [0.717, 1.165) is 15.7 Å². The first-order valence-corrected chi connectivity index (χ1v) is 9.29. The van der Waals surface area contributed by atoms with Gasteiger partial charge in [-0.1, -0.05) is 46.8 Å². The van der Waals surface area contributed by atoms with E-state index in [0.29, 0.717) is 21.6 Å². The largest absolute Gasteiger partial charge is 0.356 e. The van der Waals surface area contributed by atoms with Crippen LogP contribution < -0.4 is 5.32 Å². The van der Waals surface area contributed by atoms with Gasteiger partial charge in [0.25, 0.3) is 0 Å². The molecule has 3 rings (SSSR count). The van der Waals surface area contributed by atoms with Gasteiger partial charge in [0.05, 0.1) is 12.1 Å². The molecule has 1 aromatic carbocycles. The lowest BCUT2D eigenvalue weighted by Gasteiger charge is -1.97. The van der Waals surface area contributed by atoms with Gasteiger partial charge in [0.15, 0.2) is 10.1 Å². The van der Waals surface area contributed by atoms with Crippen LogP contribution >= 0.6 is 34.7 Å². The standard InChI is InChI=1S/C15H13ClN4O2S2/c1-2-23-15-19-18-14(24-15)17-13(21)8-11-7-12(22-20-11)9-3-5-10(16)6-4-9/h3-7H,2,8H2,1H3,(H,17,18,21). The molecule has 0 atom stereocenters. The van der Waals surface area contributed by atoms with Gasteiger partial charge in [0, 0.05) is 16.7 Å². The number of carbonyl (C=O) groups excluding carboxylic acids is 1. The molecule has 0 radical (unpaired) electrons. The molecule has 24 heavy (non-hydrogen) atoms. The normalized spacial score (nSPS) is 10.8. The number of halogens is 1. The maximum atomic E-state index is 12.1. The zero-order valence-corrected chi connectivity index (χ0v) is 15.0. The fourth-order valence-corrected chi connectivity index (χ4v) is 3.71. The molecule has 9 heteroatoms. The van der Waals surface area contributed by atoms with Crippen molar-refractivity contribution in [2.24, 2.45) is 0 Å². The number of hydrogen-bond acceptors (Lipinski definition) is 7. The summed E-state index contributed by atoms with van der Waals surface area (Å²) in [6.07, 6.45) is 0.104. The van der Waals surface area contributed by atoms with Crippen LogP contribution in [0.2, 0.25) is 5.02 Å². The molecule has 0 aliphatic carbocycles. The zero-order valence-electron chi connectivity index (χ0n) is 12.7. The number of thioether (sulfide) groups is 1. The van der Waals surface area contributed by atoms with Crippen molar-refractivity contribution >= 4 is 45.7 Å². The number of anilines is 1. The third kappa shape index (κ3) is 4.34. The fraction of sp³-hybridized carbons (Fsp3) is 0.200. The Morgan fingerprint density at radius 3 is 2.88 bits per heavy atom. The minimum atomic E-state index is -0.213. The molecule has 0 unspecified atom stereocenters. The van der Waals surface area contributed by atoms with E-state index >= 15 is 0 Å². The molecule has 0 aliphatic rings. The van der Waals surface area contributed by atoms with Crippen LogP contribution in [0.4, 0.5) is 5.13 Å². The number of carbonyl (C=O) groups is 1. The number of rotatable bonds is 6. The zero-order chi connectivity index (χ0) is 16.9. The van der Waals surface area contributed by atoms with Crippen LogP contribution in [0.25, 0.3) is 11.3 Å². The Morgan fingerprint density at radius 1 is 1.33 bits per heavy atom. The number of aromatic nitrogens is 3. The van der Waals surface area contributed by atoms with Gasteiger partial charge in [-0.15, -0.1) is 10.2 Å². The third-order valence-electron chi connectivity index (χ3n) is 2.95. The molecule has 0 spiro atoms. The maximum absolute atomic E-state index is 12.1. The van der Waals surface area contributed by atoms with E-state index in [1.807, 2.05) is 19.1 Å². The van der Waals surface area contributed by atoms with Gasteiger partial charge in [-0.25, -0.2) is 0 Å². The highest BCUT2D eigenvalue weighted by atomic mass is 35.5. The summed E-state index contributed by atoms with van der Waals surface area (Å²) in [5, 5.41) is 15.7. The van der Waals surface area contributed by atoms with Crippen LogP contribution in [-0.4, -0.2) is 27.0 Å². The molecule has 0 bridgehead atoms. The molecule has 0 saturated carbocycles. The lowest BCUT2D eigenvalue weighted by Crippen LogP contribution is -2.14. The molecule has 6 nitrogen and oxygen atoms in total. The van der Waals surface area contributed by atoms with Crippen molar-refractivity contribution in [3.63, 3.8) is 0 Å². The SMILES string of the molecule is CCSc1nnc(NC(=O)Cc2cc(-c3ccc(Cl)cc3)on2)s1. The summed E-state index contributed by atoms with van der Waals surface area (Å²) < 4.78 is 6.11. The van der Waals surface area contributed by atoms with Crippen LogP contribution in [-0.2, 0) is 11.2 Å². The van der Waals surface area contributed by atoms with Gasteiger partial charge in [-0.3, -0.25) is 4.79 Å². The van der Waals surface area contributed by atoms with Crippen molar-refractivity contribution in [1.29, 1.82) is 0 Å². The minimum Gasteiger partial charge on any atom is -0.356 e. The van der Waals surface area contributed by atoms with Gasteiger partial charge < -0.3 is 9.84 Å². The summed E-state index contributed by atoms with van der Waals surface area (Å²) in [7, 11) is 0. The minimum absolute atomic E-state index is 0.104. The second-order valence-electron chi connectivity index (χ2n) is 4.72. The summed E-state index contributed by atoms with van der Waals surface area (Å²) >= 11 is 8.80. The van der Waals surface area contributed by atoms with Gasteiger partial charge >= 0.3 is 0 Å². The average molecular weight is 381 g/mol. The lowest BCUT2D eigenvalue weighted by molar-refractivity contribution is -0.115. The van der Waals surface area contributed by atoms with Crippen molar-refractivity contribution in [2.75, 3.05) is 11.1 Å². The molecule has 0 saturated heterocycles. The molecule has 3 aromatic rings. The summed E-state index contributed by atoms with van der Waals surface area (Å²) in [5.74, 6) is 1.29. The van der Waals surface area contributed by atoms with Crippen LogP contribution in [0.5, 0.6) is 0 Å². The van der Waals surface area contributed by atoms with Crippen molar-refractivity contribution < 1.29 is 9.32 Å². The number of amides is 1. The molecule has 1 amide bonds. The highest BCUT2D eigenvalue weighted by molar-refractivity contribution is 8.01. The van der Waals surface area contributed by atoms with Crippen molar-refractivity contribution in [3.05, 3.63) is 41.0 Å². The van der Waals surface area contributed by atoms with Gasteiger partial charge in [0.2, 0.25) is 11.0 Å². The smallest absolute Gasteiger partial charge is 0.232 e. The maximum Gasteiger partial charge on any atom is 0.232 e. The van der Waals surface area contributed by atoms with E-state index in [9.17, 15) is 4.79 Å².